The van der Waals surface area contributed by atoms with Gasteiger partial charge in [0.1, 0.15) is 10.8 Å². The fourth-order valence-electron chi connectivity index (χ4n) is 2.16. The molecule has 3 rings (SSSR count). The van der Waals surface area contributed by atoms with Crippen LogP contribution in [0.4, 0.5) is 0 Å². The minimum absolute atomic E-state index is 0.246. The number of aromatic nitrogens is 1. The molecule has 2 aromatic carbocycles. The highest BCUT2D eigenvalue weighted by molar-refractivity contribution is 7.18. The molecule has 0 saturated heterocycles. The Kier molecular flexibility index (Phi) is 3.86. The largest absolute Gasteiger partial charge is 0.497 e. The van der Waals surface area contributed by atoms with Crippen LogP contribution in [-0.4, -0.2) is 17.9 Å². The van der Waals surface area contributed by atoms with Gasteiger partial charge in [0.05, 0.1) is 23.4 Å². The molecule has 0 bridgehead atoms. The van der Waals surface area contributed by atoms with Crippen LogP contribution in [0.15, 0.2) is 48.5 Å². The van der Waals surface area contributed by atoms with E-state index >= 15 is 0 Å². The number of hydrogen-bond donors (Lipinski definition) is 0. The molecule has 1 atom stereocenters. The zero-order valence-corrected chi connectivity index (χ0v) is 12.6. The molecule has 0 radical (unpaired) electrons. The number of carbonyl (C=O) groups is 1. The number of para-hydroxylation sites is 1. The minimum atomic E-state index is -0.884. The third-order valence-corrected chi connectivity index (χ3v) is 4.42. The summed E-state index contributed by atoms with van der Waals surface area (Å²) in [6.07, 6.45) is 0. The lowest BCUT2D eigenvalue weighted by Crippen LogP contribution is -2.10. The Labute approximate surface area is 131 Å². The molecule has 0 aliphatic carbocycles. The minimum Gasteiger partial charge on any atom is -0.497 e. The molecular weight excluding hydrogens is 296 g/mol. The van der Waals surface area contributed by atoms with Crippen molar-refractivity contribution in [3.05, 3.63) is 59.1 Å². The molecule has 1 unspecified atom stereocenters. The van der Waals surface area contributed by atoms with Crippen LogP contribution in [0.3, 0.4) is 0 Å². The summed E-state index contributed by atoms with van der Waals surface area (Å²) in [5.41, 5.74) is 1.29. The number of hydrogen-bond acceptors (Lipinski definition) is 5. The lowest BCUT2D eigenvalue weighted by molar-refractivity contribution is 0.0979. The van der Waals surface area contributed by atoms with E-state index < -0.39 is 5.92 Å². The summed E-state index contributed by atoms with van der Waals surface area (Å²) in [5, 5.41) is 9.94. The van der Waals surface area contributed by atoms with Crippen LogP contribution in [0.1, 0.15) is 21.3 Å². The first kappa shape index (κ1) is 14.2. The van der Waals surface area contributed by atoms with Crippen molar-refractivity contribution in [2.45, 2.75) is 5.92 Å². The summed E-state index contributed by atoms with van der Waals surface area (Å²) >= 11 is 1.38. The van der Waals surface area contributed by atoms with Gasteiger partial charge in [-0.3, -0.25) is 4.79 Å². The first-order valence-corrected chi connectivity index (χ1v) is 7.48. The fraction of sp³-hybridized carbons (Fsp3) is 0.118. The summed E-state index contributed by atoms with van der Waals surface area (Å²) in [4.78, 5) is 17.0. The summed E-state index contributed by atoms with van der Waals surface area (Å²) < 4.78 is 6.05. The summed E-state index contributed by atoms with van der Waals surface area (Å²) in [6.45, 7) is 0. The lowest BCUT2D eigenvalue weighted by Gasteiger charge is -2.06. The van der Waals surface area contributed by atoms with Gasteiger partial charge in [-0.25, -0.2) is 4.98 Å². The van der Waals surface area contributed by atoms with Crippen LogP contribution in [0.2, 0.25) is 0 Å². The Morgan fingerprint density at radius 2 is 1.95 bits per heavy atom. The molecule has 3 aromatic rings. The fourth-order valence-corrected chi connectivity index (χ4v) is 3.17. The second-order valence-corrected chi connectivity index (χ2v) is 5.74. The van der Waals surface area contributed by atoms with Crippen LogP contribution >= 0.6 is 11.3 Å². The number of rotatable bonds is 4. The van der Waals surface area contributed by atoms with Crippen molar-refractivity contribution >= 4 is 27.3 Å². The first-order valence-electron chi connectivity index (χ1n) is 6.66. The number of nitriles is 1. The van der Waals surface area contributed by atoms with Crippen LogP contribution in [-0.2, 0) is 0 Å². The number of benzene rings is 2. The maximum Gasteiger partial charge on any atom is 0.186 e. The molecule has 0 aliphatic rings. The number of thiazole rings is 1. The van der Waals surface area contributed by atoms with E-state index in [9.17, 15) is 10.1 Å². The predicted molar refractivity (Wildman–Crippen MR) is 85.3 cm³/mol. The molecule has 0 fully saturated rings. The molecule has 5 heteroatoms. The molecule has 0 aliphatic heterocycles. The van der Waals surface area contributed by atoms with Gasteiger partial charge in [0, 0.05) is 5.56 Å². The topological polar surface area (TPSA) is 63.0 Å². The quantitative estimate of drug-likeness (QED) is 0.688. The van der Waals surface area contributed by atoms with Gasteiger partial charge in [-0.15, -0.1) is 11.3 Å². The number of methoxy groups -OCH3 is 1. The Bertz CT molecular complexity index is 829. The molecule has 22 heavy (non-hydrogen) atoms. The van der Waals surface area contributed by atoms with Crippen molar-refractivity contribution in [2.75, 3.05) is 7.11 Å². The molecule has 0 N–H and O–H groups in total. The van der Waals surface area contributed by atoms with Gasteiger partial charge >= 0.3 is 0 Å². The SMILES string of the molecule is COc1ccc(C(=O)C(C#N)c2nc3ccccc3s2)cc1. The second kappa shape index (κ2) is 5.96. The molecule has 4 nitrogen and oxygen atoms in total. The highest BCUT2D eigenvalue weighted by atomic mass is 32.1. The highest BCUT2D eigenvalue weighted by Gasteiger charge is 2.25. The molecule has 1 heterocycles. The zero-order chi connectivity index (χ0) is 15.5. The number of fused-ring (bicyclic) bond motifs is 1. The van der Waals surface area contributed by atoms with E-state index in [1.807, 2.05) is 24.3 Å². The van der Waals surface area contributed by atoms with Gasteiger partial charge in [0.15, 0.2) is 11.7 Å². The van der Waals surface area contributed by atoms with Gasteiger partial charge in [0.25, 0.3) is 0 Å². The number of ketones is 1. The third-order valence-electron chi connectivity index (χ3n) is 3.32. The standard InChI is InChI=1S/C17H12N2O2S/c1-21-12-8-6-11(7-9-12)16(20)13(10-18)17-19-14-4-2-3-5-15(14)22-17/h2-9,13H,1H3. The number of ether oxygens (including phenoxy) is 1. The van der Waals surface area contributed by atoms with Gasteiger partial charge in [-0.1, -0.05) is 12.1 Å². The van der Waals surface area contributed by atoms with Crippen molar-refractivity contribution < 1.29 is 9.53 Å². The smallest absolute Gasteiger partial charge is 0.186 e. The van der Waals surface area contributed by atoms with E-state index in [0.717, 1.165) is 10.2 Å². The third kappa shape index (κ3) is 2.57. The Morgan fingerprint density at radius 3 is 2.59 bits per heavy atom. The van der Waals surface area contributed by atoms with Crippen molar-refractivity contribution in [3.63, 3.8) is 0 Å². The molecule has 0 amide bonds. The van der Waals surface area contributed by atoms with Crippen molar-refractivity contribution in [1.29, 1.82) is 5.26 Å². The van der Waals surface area contributed by atoms with E-state index in [1.165, 1.54) is 11.3 Å². The molecule has 0 spiro atoms. The monoisotopic (exact) mass is 308 g/mol. The van der Waals surface area contributed by atoms with E-state index in [0.29, 0.717) is 16.3 Å². The maximum atomic E-state index is 12.6. The normalized spacial score (nSPS) is 11.8. The van der Waals surface area contributed by atoms with Gasteiger partial charge in [-0.2, -0.15) is 5.26 Å². The van der Waals surface area contributed by atoms with Crippen LogP contribution < -0.4 is 4.74 Å². The van der Waals surface area contributed by atoms with Crippen LogP contribution in [0.5, 0.6) is 5.75 Å². The summed E-state index contributed by atoms with van der Waals surface area (Å²) in [5.74, 6) is -0.458. The van der Waals surface area contributed by atoms with Crippen molar-refractivity contribution in [3.8, 4) is 11.8 Å². The Hall–Kier alpha value is -2.71. The van der Waals surface area contributed by atoms with Gasteiger partial charge in [0.2, 0.25) is 0 Å². The molecule has 1 aromatic heterocycles. The highest BCUT2D eigenvalue weighted by Crippen LogP contribution is 2.29. The Balaban J connectivity index is 1.95. The summed E-state index contributed by atoms with van der Waals surface area (Å²) in [6, 6.07) is 16.4. The lowest BCUT2D eigenvalue weighted by atomic mass is 9.99. The maximum absolute atomic E-state index is 12.6. The van der Waals surface area contributed by atoms with Gasteiger partial charge in [-0.05, 0) is 36.4 Å². The average Bonchev–Trinajstić information content (AvgIpc) is 2.99. The number of carbonyl (C=O) groups excluding carboxylic acids is 1. The average molecular weight is 308 g/mol. The Morgan fingerprint density at radius 1 is 1.23 bits per heavy atom. The van der Waals surface area contributed by atoms with Crippen LogP contribution in [0, 0.1) is 11.3 Å². The molecular formula is C17H12N2O2S. The van der Waals surface area contributed by atoms with Gasteiger partial charge < -0.3 is 4.74 Å². The van der Waals surface area contributed by atoms with E-state index in [-0.39, 0.29) is 5.78 Å². The predicted octanol–water partition coefficient (Wildman–Crippen LogP) is 3.79. The molecule has 108 valence electrons. The van der Waals surface area contributed by atoms with Crippen LogP contribution in [0.25, 0.3) is 10.2 Å². The summed E-state index contributed by atoms with van der Waals surface area (Å²) in [7, 11) is 1.57. The van der Waals surface area contributed by atoms with Crippen molar-refractivity contribution in [2.24, 2.45) is 0 Å². The molecule has 0 saturated carbocycles. The number of nitrogens with zero attached hydrogens (tertiary/aromatic N) is 2. The van der Waals surface area contributed by atoms with E-state index in [1.54, 1.807) is 31.4 Å². The zero-order valence-electron chi connectivity index (χ0n) is 11.8. The van der Waals surface area contributed by atoms with Crippen molar-refractivity contribution in [1.82, 2.24) is 4.98 Å². The van der Waals surface area contributed by atoms with E-state index in [4.69, 9.17) is 4.74 Å². The number of Topliss-reactive ketones (excluding diaryl/α,β-unsaturated/α-hetero) is 1. The van der Waals surface area contributed by atoms with E-state index in [2.05, 4.69) is 11.1 Å². The second-order valence-electron chi connectivity index (χ2n) is 4.67. The first-order chi connectivity index (χ1) is 10.7.